The van der Waals surface area contributed by atoms with Crippen LogP contribution in [0.15, 0.2) is 29.2 Å². The Hall–Kier alpha value is -1.07. The van der Waals surface area contributed by atoms with Gasteiger partial charge in [-0.05, 0) is 30.7 Å². The van der Waals surface area contributed by atoms with Gasteiger partial charge < -0.3 is 9.29 Å². The van der Waals surface area contributed by atoms with Crippen LogP contribution in [0.25, 0.3) is 0 Å². The molecule has 4 nitrogen and oxygen atoms in total. The maximum atomic E-state index is 10.8. The van der Waals surface area contributed by atoms with Crippen LogP contribution in [0.1, 0.15) is 84.0 Å². The number of ether oxygens (including phenoxy) is 1. The molecule has 0 aliphatic carbocycles. The molecule has 0 radical (unpaired) electrons. The Bertz CT molecular complexity index is 537. The minimum absolute atomic E-state index is 0.217. The van der Waals surface area contributed by atoms with Crippen LogP contribution in [-0.4, -0.2) is 19.6 Å². The zero-order valence-corrected chi connectivity index (χ0v) is 16.4. The lowest BCUT2D eigenvalue weighted by Gasteiger charge is -2.09. The van der Waals surface area contributed by atoms with E-state index in [9.17, 15) is 13.0 Å². The van der Waals surface area contributed by atoms with Gasteiger partial charge in [0.05, 0.1) is 11.5 Å². The molecule has 1 aromatic carbocycles. The molecule has 0 bridgehead atoms. The SMILES string of the molecule is CCCCCCCCCCCCCCOc1ccc(S(=O)(=O)[O-])cc1. The molecule has 1 aromatic rings. The molecule has 0 aromatic heterocycles. The highest BCUT2D eigenvalue weighted by Gasteiger charge is 2.01. The fourth-order valence-corrected chi connectivity index (χ4v) is 3.31. The van der Waals surface area contributed by atoms with E-state index < -0.39 is 10.1 Å². The highest BCUT2D eigenvalue weighted by atomic mass is 32.2. The van der Waals surface area contributed by atoms with Gasteiger partial charge in [-0.3, -0.25) is 0 Å². The molecular formula is C20H33O4S-. The summed E-state index contributed by atoms with van der Waals surface area (Å²) in [5, 5.41) is 0. The van der Waals surface area contributed by atoms with Crippen LogP contribution in [-0.2, 0) is 10.1 Å². The van der Waals surface area contributed by atoms with Crippen LogP contribution in [0.2, 0.25) is 0 Å². The summed E-state index contributed by atoms with van der Waals surface area (Å²) in [6.07, 6.45) is 15.6. The molecule has 5 heteroatoms. The lowest BCUT2D eigenvalue weighted by Crippen LogP contribution is -2.00. The van der Waals surface area contributed by atoms with Crippen molar-refractivity contribution in [2.45, 2.75) is 88.9 Å². The van der Waals surface area contributed by atoms with E-state index in [4.69, 9.17) is 4.74 Å². The maximum Gasteiger partial charge on any atom is 0.124 e. The third kappa shape index (κ3) is 11.2. The fourth-order valence-electron chi connectivity index (χ4n) is 2.84. The van der Waals surface area contributed by atoms with Gasteiger partial charge in [0.2, 0.25) is 0 Å². The number of hydrogen-bond acceptors (Lipinski definition) is 4. The maximum absolute atomic E-state index is 10.8. The monoisotopic (exact) mass is 369 g/mol. The number of benzene rings is 1. The van der Waals surface area contributed by atoms with Crippen LogP contribution in [0, 0.1) is 0 Å². The fraction of sp³-hybridized carbons (Fsp3) is 0.700. The smallest absolute Gasteiger partial charge is 0.124 e. The van der Waals surface area contributed by atoms with Crippen molar-refractivity contribution in [1.29, 1.82) is 0 Å². The zero-order chi connectivity index (χ0) is 18.4. The third-order valence-electron chi connectivity index (χ3n) is 4.38. The van der Waals surface area contributed by atoms with E-state index in [1.54, 1.807) is 0 Å². The van der Waals surface area contributed by atoms with Crippen molar-refractivity contribution in [2.75, 3.05) is 6.61 Å². The van der Waals surface area contributed by atoms with Crippen LogP contribution in [0.5, 0.6) is 5.75 Å². The largest absolute Gasteiger partial charge is 0.744 e. The lowest BCUT2D eigenvalue weighted by atomic mass is 10.1. The summed E-state index contributed by atoms with van der Waals surface area (Å²) in [5.41, 5.74) is 0. The first-order valence-corrected chi connectivity index (χ1v) is 11.1. The van der Waals surface area contributed by atoms with E-state index in [2.05, 4.69) is 6.92 Å². The van der Waals surface area contributed by atoms with Crippen molar-refractivity contribution in [3.8, 4) is 5.75 Å². The van der Waals surface area contributed by atoms with Gasteiger partial charge in [-0.1, -0.05) is 77.6 Å². The molecule has 0 saturated heterocycles. The standard InChI is InChI=1S/C20H34O4S/c1-2-3-4-5-6-7-8-9-10-11-12-13-18-24-19-14-16-20(17-15-19)25(21,22)23/h14-17H,2-13,18H2,1H3,(H,21,22,23)/p-1. The second kappa shape index (κ2) is 13.2. The lowest BCUT2D eigenvalue weighted by molar-refractivity contribution is 0.304. The molecule has 0 unspecified atom stereocenters. The average molecular weight is 370 g/mol. The topological polar surface area (TPSA) is 66.4 Å². The van der Waals surface area contributed by atoms with Crippen LogP contribution >= 0.6 is 0 Å². The normalized spacial score (nSPS) is 11.6. The molecule has 0 heterocycles. The van der Waals surface area contributed by atoms with E-state index in [0.717, 1.165) is 12.8 Å². The first-order valence-electron chi connectivity index (χ1n) is 9.73. The molecule has 0 aliphatic rings. The van der Waals surface area contributed by atoms with Crippen molar-refractivity contribution < 1.29 is 17.7 Å². The number of hydrogen-bond donors (Lipinski definition) is 0. The highest BCUT2D eigenvalue weighted by Crippen LogP contribution is 2.16. The molecule has 144 valence electrons. The Morgan fingerprint density at radius 2 is 1.20 bits per heavy atom. The second-order valence-electron chi connectivity index (χ2n) is 6.66. The molecule has 0 aliphatic heterocycles. The van der Waals surface area contributed by atoms with Crippen LogP contribution in [0.4, 0.5) is 0 Å². The molecule has 0 fully saturated rings. The third-order valence-corrected chi connectivity index (χ3v) is 5.23. The molecule has 0 spiro atoms. The van der Waals surface area contributed by atoms with Crippen molar-refractivity contribution in [3.63, 3.8) is 0 Å². The molecule has 0 atom stereocenters. The Morgan fingerprint density at radius 1 is 0.760 bits per heavy atom. The minimum atomic E-state index is -4.37. The van der Waals surface area contributed by atoms with Gasteiger partial charge in [0.1, 0.15) is 15.9 Å². The predicted molar refractivity (Wildman–Crippen MR) is 101 cm³/mol. The predicted octanol–water partition coefficient (Wildman–Crippen LogP) is 5.67. The van der Waals surface area contributed by atoms with Crippen molar-refractivity contribution in [3.05, 3.63) is 24.3 Å². The van der Waals surface area contributed by atoms with Gasteiger partial charge >= 0.3 is 0 Å². The summed E-state index contributed by atoms with van der Waals surface area (Å²) in [7, 11) is -4.37. The average Bonchev–Trinajstić information content (AvgIpc) is 2.58. The highest BCUT2D eigenvalue weighted by molar-refractivity contribution is 7.85. The molecule has 0 saturated carbocycles. The first-order chi connectivity index (χ1) is 12.0. The summed E-state index contributed by atoms with van der Waals surface area (Å²) in [6.45, 7) is 2.88. The van der Waals surface area contributed by atoms with E-state index in [0.29, 0.717) is 12.4 Å². The van der Waals surface area contributed by atoms with Gasteiger partial charge in [-0.25, -0.2) is 8.42 Å². The van der Waals surface area contributed by atoms with Crippen LogP contribution < -0.4 is 4.74 Å². The van der Waals surface area contributed by atoms with E-state index in [1.165, 1.54) is 88.5 Å². The summed E-state index contributed by atoms with van der Waals surface area (Å²) < 4.78 is 38.1. The summed E-state index contributed by atoms with van der Waals surface area (Å²) in [4.78, 5) is -0.217. The minimum Gasteiger partial charge on any atom is -0.744 e. The van der Waals surface area contributed by atoms with E-state index in [1.807, 2.05) is 0 Å². The van der Waals surface area contributed by atoms with E-state index in [-0.39, 0.29) is 4.90 Å². The van der Waals surface area contributed by atoms with Crippen molar-refractivity contribution in [2.24, 2.45) is 0 Å². The summed E-state index contributed by atoms with van der Waals surface area (Å²) in [6, 6.07) is 5.65. The Kier molecular flexibility index (Phi) is 11.6. The van der Waals surface area contributed by atoms with Gasteiger partial charge in [0, 0.05) is 0 Å². The number of rotatable bonds is 15. The summed E-state index contributed by atoms with van der Waals surface area (Å²) in [5.74, 6) is 0.607. The van der Waals surface area contributed by atoms with Gasteiger partial charge in [0.15, 0.2) is 0 Å². The van der Waals surface area contributed by atoms with Gasteiger partial charge in [-0.2, -0.15) is 0 Å². The Balaban J connectivity index is 1.93. The molecule has 1 rings (SSSR count). The Morgan fingerprint density at radius 3 is 1.64 bits per heavy atom. The van der Waals surface area contributed by atoms with Crippen molar-refractivity contribution >= 4 is 10.1 Å². The molecule has 0 amide bonds. The summed E-state index contributed by atoms with van der Waals surface area (Å²) >= 11 is 0. The first kappa shape index (κ1) is 22.0. The molecular weight excluding hydrogens is 336 g/mol. The second-order valence-corrected chi connectivity index (χ2v) is 8.04. The number of unbranched alkanes of at least 4 members (excludes halogenated alkanes) is 11. The van der Waals surface area contributed by atoms with Gasteiger partial charge in [0.25, 0.3) is 0 Å². The van der Waals surface area contributed by atoms with Crippen LogP contribution in [0.3, 0.4) is 0 Å². The van der Waals surface area contributed by atoms with E-state index >= 15 is 0 Å². The van der Waals surface area contributed by atoms with Gasteiger partial charge in [-0.15, -0.1) is 0 Å². The zero-order valence-electron chi connectivity index (χ0n) is 15.5. The molecule has 25 heavy (non-hydrogen) atoms. The molecule has 0 N–H and O–H groups in total. The Labute approximate surface area is 153 Å². The quantitative estimate of drug-likeness (QED) is 0.295. The van der Waals surface area contributed by atoms with Crippen molar-refractivity contribution in [1.82, 2.24) is 0 Å².